The van der Waals surface area contributed by atoms with Crippen molar-refractivity contribution in [3.8, 4) is 0 Å². The zero-order chi connectivity index (χ0) is 23.8. The number of rotatable bonds is 7. The molecule has 3 aromatic carbocycles. The highest BCUT2D eigenvalue weighted by Crippen LogP contribution is 2.30. The Kier molecular flexibility index (Phi) is 8.55. The quantitative estimate of drug-likeness (QED) is 0.264. The maximum absolute atomic E-state index is 13.5. The maximum Gasteiger partial charge on any atom is 0.442 e. The normalized spacial score (nSPS) is 11.2. The van der Waals surface area contributed by atoms with Crippen LogP contribution in [0.15, 0.2) is 83.8 Å². The molecule has 2 amide bonds. The average molecular weight is 484 g/mol. The minimum absolute atomic E-state index is 0.0267. The van der Waals surface area contributed by atoms with Crippen LogP contribution in [-0.4, -0.2) is 22.7 Å². The van der Waals surface area contributed by atoms with E-state index in [1.165, 1.54) is 11.8 Å². The summed E-state index contributed by atoms with van der Waals surface area (Å²) >= 11 is 7.68. The molecule has 0 aliphatic rings. The summed E-state index contributed by atoms with van der Waals surface area (Å²) < 4.78 is 5.43. The monoisotopic (exact) mass is 483 g/mol. The van der Waals surface area contributed by atoms with E-state index in [9.17, 15) is 9.59 Å². The summed E-state index contributed by atoms with van der Waals surface area (Å²) in [5, 5.41) is 1.06. The van der Waals surface area contributed by atoms with Crippen LogP contribution < -0.4 is 0 Å². The molecule has 0 aliphatic carbocycles. The van der Waals surface area contributed by atoms with Gasteiger partial charge in [-0.3, -0.25) is 9.63 Å². The van der Waals surface area contributed by atoms with Gasteiger partial charge in [0.15, 0.2) is 0 Å². The molecular formula is C26H26ClNO4S. The second-order valence-electron chi connectivity index (χ2n) is 8.25. The van der Waals surface area contributed by atoms with Crippen LogP contribution in [0.5, 0.6) is 0 Å². The van der Waals surface area contributed by atoms with Gasteiger partial charge in [0.1, 0.15) is 12.2 Å². The van der Waals surface area contributed by atoms with Crippen molar-refractivity contribution < 1.29 is 19.2 Å². The first-order valence-corrected chi connectivity index (χ1v) is 11.8. The Morgan fingerprint density at radius 1 is 0.909 bits per heavy atom. The van der Waals surface area contributed by atoms with Crippen LogP contribution in [0.4, 0.5) is 4.79 Å². The molecule has 0 fully saturated rings. The Labute approximate surface area is 203 Å². The molecule has 172 valence electrons. The van der Waals surface area contributed by atoms with Crippen molar-refractivity contribution in [1.29, 1.82) is 0 Å². The van der Waals surface area contributed by atoms with E-state index in [-0.39, 0.29) is 12.2 Å². The summed E-state index contributed by atoms with van der Waals surface area (Å²) in [7, 11) is 0. The van der Waals surface area contributed by atoms with Gasteiger partial charge in [0.2, 0.25) is 0 Å². The van der Waals surface area contributed by atoms with Crippen molar-refractivity contribution in [2.24, 2.45) is 0 Å². The van der Waals surface area contributed by atoms with E-state index in [4.69, 9.17) is 21.2 Å². The highest BCUT2D eigenvalue weighted by Gasteiger charge is 2.31. The number of ether oxygens (including phenoxy) is 1. The minimum atomic E-state index is -0.887. The number of thioether (sulfide) groups is 1. The lowest BCUT2D eigenvalue weighted by molar-refractivity contribution is -0.126. The largest absolute Gasteiger partial charge is 0.442 e. The minimum Gasteiger partial charge on any atom is -0.442 e. The standard InChI is InChI=1S/C26H26ClNO4S/c1-26(2,3)32-25(30)28(31-17-19-10-6-4-7-11-19)24(29)22-16-21(27)14-15-23(22)33-18-20-12-8-5-9-13-20/h4-16H,17-18H2,1-3H3. The third kappa shape index (κ3) is 7.63. The molecular weight excluding hydrogens is 458 g/mol. The number of halogens is 1. The molecule has 0 heterocycles. The first-order valence-electron chi connectivity index (χ1n) is 10.4. The number of imide groups is 1. The third-order valence-corrected chi connectivity index (χ3v) is 5.74. The van der Waals surface area contributed by atoms with Crippen molar-refractivity contribution in [3.05, 3.63) is 101 Å². The van der Waals surface area contributed by atoms with Crippen LogP contribution in [0.2, 0.25) is 5.02 Å². The Morgan fingerprint density at radius 3 is 2.12 bits per heavy atom. The van der Waals surface area contributed by atoms with Gasteiger partial charge in [0.05, 0.1) is 5.56 Å². The molecule has 0 saturated heterocycles. The van der Waals surface area contributed by atoms with E-state index >= 15 is 0 Å². The summed E-state index contributed by atoms with van der Waals surface area (Å²) in [5.74, 6) is 0.0123. The predicted octanol–water partition coefficient (Wildman–Crippen LogP) is 7.14. The van der Waals surface area contributed by atoms with Gasteiger partial charge in [-0.1, -0.05) is 72.3 Å². The molecule has 0 radical (unpaired) electrons. The third-order valence-electron chi connectivity index (χ3n) is 4.36. The van der Waals surface area contributed by atoms with Crippen molar-refractivity contribution in [3.63, 3.8) is 0 Å². The van der Waals surface area contributed by atoms with Crippen molar-refractivity contribution in [2.75, 3.05) is 0 Å². The Hall–Kier alpha value is -2.80. The summed E-state index contributed by atoms with van der Waals surface area (Å²) in [6.07, 6.45) is -0.887. The first-order chi connectivity index (χ1) is 15.7. The molecule has 0 atom stereocenters. The number of amides is 2. The fourth-order valence-electron chi connectivity index (χ4n) is 2.85. The van der Waals surface area contributed by atoms with E-state index in [0.29, 0.717) is 20.7 Å². The number of carbonyl (C=O) groups is 2. The topological polar surface area (TPSA) is 55.8 Å². The lowest BCUT2D eigenvalue weighted by Gasteiger charge is -2.26. The van der Waals surface area contributed by atoms with Crippen LogP contribution in [0.25, 0.3) is 0 Å². The number of hydroxylamine groups is 2. The Bertz CT molecular complexity index is 1080. The zero-order valence-electron chi connectivity index (χ0n) is 18.8. The first kappa shape index (κ1) is 24.8. The van der Waals surface area contributed by atoms with Crippen LogP contribution in [-0.2, 0) is 21.9 Å². The summed E-state index contributed by atoms with van der Waals surface area (Å²) in [5.41, 5.74) is 1.39. The number of carbonyl (C=O) groups excluding carboxylic acids is 2. The van der Waals surface area contributed by atoms with E-state index in [0.717, 1.165) is 11.1 Å². The lowest BCUT2D eigenvalue weighted by atomic mass is 10.2. The Balaban J connectivity index is 1.87. The molecule has 0 aliphatic heterocycles. The summed E-state index contributed by atoms with van der Waals surface area (Å²) in [6.45, 7) is 5.21. The molecule has 0 N–H and O–H groups in total. The van der Waals surface area contributed by atoms with Crippen LogP contribution >= 0.6 is 23.4 Å². The van der Waals surface area contributed by atoms with Gasteiger partial charge < -0.3 is 4.74 Å². The van der Waals surface area contributed by atoms with Gasteiger partial charge in [0.25, 0.3) is 5.91 Å². The van der Waals surface area contributed by atoms with Gasteiger partial charge >= 0.3 is 6.09 Å². The van der Waals surface area contributed by atoms with Crippen LogP contribution in [0, 0.1) is 0 Å². The van der Waals surface area contributed by atoms with E-state index in [1.54, 1.807) is 39.0 Å². The second-order valence-corrected chi connectivity index (χ2v) is 9.71. The number of hydrogen-bond donors (Lipinski definition) is 0. The molecule has 5 nitrogen and oxygen atoms in total. The molecule has 7 heteroatoms. The van der Waals surface area contributed by atoms with E-state index in [1.807, 2.05) is 60.7 Å². The van der Waals surface area contributed by atoms with Gasteiger partial charge in [-0.2, -0.15) is 0 Å². The van der Waals surface area contributed by atoms with Gasteiger partial charge in [-0.25, -0.2) is 4.79 Å². The highest BCUT2D eigenvalue weighted by atomic mass is 35.5. The fourth-order valence-corrected chi connectivity index (χ4v) is 4.00. The van der Waals surface area contributed by atoms with Gasteiger partial charge in [-0.15, -0.1) is 16.8 Å². The van der Waals surface area contributed by atoms with Gasteiger partial charge in [-0.05, 0) is 50.1 Å². The number of hydrogen-bond acceptors (Lipinski definition) is 5. The fraction of sp³-hybridized carbons (Fsp3) is 0.231. The molecule has 3 aromatic rings. The molecule has 0 saturated carbocycles. The number of nitrogens with zero attached hydrogens (tertiary/aromatic N) is 1. The van der Waals surface area contributed by atoms with E-state index < -0.39 is 17.6 Å². The van der Waals surface area contributed by atoms with Gasteiger partial charge in [0, 0.05) is 15.7 Å². The summed E-state index contributed by atoms with van der Waals surface area (Å²) in [4.78, 5) is 32.7. The molecule has 0 unspecified atom stereocenters. The van der Waals surface area contributed by atoms with Crippen LogP contribution in [0.3, 0.4) is 0 Å². The Morgan fingerprint density at radius 2 is 1.52 bits per heavy atom. The predicted molar refractivity (Wildman–Crippen MR) is 131 cm³/mol. The lowest BCUT2D eigenvalue weighted by Crippen LogP contribution is -2.41. The van der Waals surface area contributed by atoms with Crippen LogP contribution in [0.1, 0.15) is 42.3 Å². The number of benzene rings is 3. The maximum atomic E-state index is 13.5. The average Bonchev–Trinajstić information content (AvgIpc) is 2.78. The SMILES string of the molecule is CC(C)(C)OC(=O)N(OCc1ccccc1)C(=O)c1cc(Cl)ccc1SCc1ccccc1. The van der Waals surface area contributed by atoms with Crippen molar-refractivity contribution in [1.82, 2.24) is 5.06 Å². The molecule has 3 rings (SSSR count). The van der Waals surface area contributed by atoms with Crippen molar-refractivity contribution in [2.45, 2.75) is 43.6 Å². The zero-order valence-corrected chi connectivity index (χ0v) is 20.4. The smallest absolute Gasteiger partial charge is 0.442 e. The van der Waals surface area contributed by atoms with E-state index in [2.05, 4.69) is 0 Å². The summed E-state index contributed by atoms with van der Waals surface area (Å²) in [6, 6.07) is 24.2. The van der Waals surface area contributed by atoms with Crippen molar-refractivity contribution >= 4 is 35.4 Å². The molecule has 0 bridgehead atoms. The molecule has 0 aromatic heterocycles. The highest BCUT2D eigenvalue weighted by molar-refractivity contribution is 7.98. The molecule has 0 spiro atoms. The molecule has 33 heavy (non-hydrogen) atoms. The second kappa shape index (κ2) is 11.4.